The molecular weight excluding hydrogens is 212 g/mol. The number of hydrogen-bond donors (Lipinski definition) is 0. The second-order valence-electron chi connectivity index (χ2n) is 2.89. The van der Waals surface area contributed by atoms with Crippen molar-refractivity contribution in [3.63, 3.8) is 0 Å². The molecule has 0 atom stereocenters. The number of thiophene rings is 1. The lowest BCUT2D eigenvalue weighted by molar-refractivity contribution is 0.540. The van der Waals surface area contributed by atoms with E-state index in [2.05, 4.69) is 15.0 Å². The average molecular weight is 220 g/mol. The highest BCUT2D eigenvalue weighted by molar-refractivity contribution is 7.13. The minimum Gasteiger partial charge on any atom is -0.440 e. The molecule has 0 saturated carbocycles. The third-order valence-electron chi connectivity index (χ3n) is 1.91. The molecule has 0 aliphatic heterocycles. The van der Waals surface area contributed by atoms with Gasteiger partial charge in [-0.15, -0.1) is 11.3 Å². The van der Waals surface area contributed by atoms with Crippen molar-refractivity contribution in [2.75, 3.05) is 0 Å². The van der Waals surface area contributed by atoms with Crippen LogP contribution in [0.5, 0.6) is 0 Å². The van der Waals surface area contributed by atoms with Crippen LogP contribution in [0.15, 0.2) is 27.0 Å². The van der Waals surface area contributed by atoms with Gasteiger partial charge in [0.25, 0.3) is 0 Å². The van der Waals surface area contributed by atoms with Crippen molar-refractivity contribution in [1.82, 2.24) is 4.98 Å². The van der Waals surface area contributed by atoms with E-state index in [4.69, 9.17) is 9.95 Å². The van der Waals surface area contributed by atoms with Crippen LogP contribution >= 0.6 is 11.3 Å². The SMILES string of the molecule is Cc1oc(-c2cccs2)nc1CN=[N+]=[N-]. The summed E-state index contributed by atoms with van der Waals surface area (Å²) < 4.78 is 5.47. The molecule has 0 aliphatic carbocycles. The molecule has 2 rings (SSSR count). The van der Waals surface area contributed by atoms with Crippen molar-refractivity contribution in [1.29, 1.82) is 0 Å². The Balaban J connectivity index is 2.32. The van der Waals surface area contributed by atoms with E-state index in [9.17, 15) is 0 Å². The number of nitrogens with zero attached hydrogens (tertiary/aromatic N) is 4. The fraction of sp³-hybridized carbons (Fsp3) is 0.222. The van der Waals surface area contributed by atoms with Crippen molar-refractivity contribution >= 4 is 11.3 Å². The maximum Gasteiger partial charge on any atom is 0.236 e. The first-order valence-corrected chi connectivity index (χ1v) is 5.20. The molecule has 0 spiro atoms. The highest BCUT2D eigenvalue weighted by atomic mass is 32.1. The van der Waals surface area contributed by atoms with E-state index >= 15 is 0 Å². The maximum absolute atomic E-state index is 8.21. The molecule has 0 aliphatic rings. The summed E-state index contributed by atoms with van der Waals surface area (Å²) in [7, 11) is 0. The lowest BCUT2D eigenvalue weighted by atomic mass is 10.4. The van der Waals surface area contributed by atoms with Gasteiger partial charge in [-0.05, 0) is 23.9 Å². The Morgan fingerprint density at radius 3 is 3.20 bits per heavy atom. The molecule has 2 aromatic heterocycles. The quantitative estimate of drug-likeness (QED) is 0.450. The highest BCUT2D eigenvalue weighted by Crippen LogP contribution is 2.25. The predicted molar refractivity (Wildman–Crippen MR) is 57.4 cm³/mol. The first-order valence-electron chi connectivity index (χ1n) is 4.32. The van der Waals surface area contributed by atoms with Crippen LogP contribution in [0.2, 0.25) is 0 Å². The lowest BCUT2D eigenvalue weighted by Gasteiger charge is -1.84. The van der Waals surface area contributed by atoms with Crippen LogP contribution < -0.4 is 0 Å². The number of azide groups is 1. The number of aromatic nitrogens is 1. The molecular formula is C9H8N4OS. The van der Waals surface area contributed by atoms with Crippen LogP contribution in [-0.4, -0.2) is 4.98 Å². The first kappa shape index (κ1) is 9.76. The minimum absolute atomic E-state index is 0.233. The van der Waals surface area contributed by atoms with Gasteiger partial charge < -0.3 is 4.42 Å². The second-order valence-corrected chi connectivity index (χ2v) is 3.84. The maximum atomic E-state index is 8.21. The van der Waals surface area contributed by atoms with Crippen molar-refractivity contribution in [3.8, 4) is 10.8 Å². The van der Waals surface area contributed by atoms with E-state index < -0.39 is 0 Å². The molecule has 5 nitrogen and oxygen atoms in total. The third-order valence-corrected chi connectivity index (χ3v) is 2.77. The van der Waals surface area contributed by atoms with E-state index in [-0.39, 0.29) is 6.54 Å². The summed E-state index contributed by atoms with van der Waals surface area (Å²) in [5.74, 6) is 1.29. The molecule has 0 bridgehead atoms. The van der Waals surface area contributed by atoms with Crippen molar-refractivity contribution in [2.45, 2.75) is 13.5 Å². The van der Waals surface area contributed by atoms with E-state index in [1.807, 2.05) is 24.4 Å². The van der Waals surface area contributed by atoms with E-state index in [1.165, 1.54) is 0 Å². The average Bonchev–Trinajstić information content (AvgIpc) is 2.83. The smallest absolute Gasteiger partial charge is 0.236 e. The van der Waals surface area contributed by atoms with Gasteiger partial charge in [0.1, 0.15) is 5.76 Å². The van der Waals surface area contributed by atoms with Crippen molar-refractivity contribution < 1.29 is 4.42 Å². The Hall–Kier alpha value is -1.78. The number of oxazole rings is 1. The second kappa shape index (κ2) is 4.16. The minimum atomic E-state index is 0.233. The summed E-state index contributed by atoms with van der Waals surface area (Å²) in [6.07, 6.45) is 0. The van der Waals surface area contributed by atoms with E-state index in [0.717, 1.165) is 4.88 Å². The van der Waals surface area contributed by atoms with Gasteiger partial charge in [-0.25, -0.2) is 4.98 Å². The Morgan fingerprint density at radius 1 is 1.67 bits per heavy atom. The molecule has 2 heterocycles. The predicted octanol–water partition coefficient (Wildman–Crippen LogP) is 3.52. The monoisotopic (exact) mass is 220 g/mol. The zero-order valence-corrected chi connectivity index (χ0v) is 8.86. The molecule has 2 aromatic rings. The normalized spacial score (nSPS) is 9.93. The zero-order valence-electron chi connectivity index (χ0n) is 8.04. The van der Waals surface area contributed by atoms with Crippen LogP contribution in [0.3, 0.4) is 0 Å². The summed E-state index contributed by atoms with van der Waals surface area (Å²) in [5, 5.41) is 5.42. The van der Waals surface area contributed by atoms with Crippen LogP contribution in [0.4, 0.5) is 0 Å². The van der Waals surface area contributed by atoms with E-state index in [0.29, 0.717) is 17.3 Å². The third kappa shape index (κ3) is 2.01. The van der Waals surface area contributed by atoms with Gasteiger partial charge in [0, 0.05) is 4.91 Å². The standard InChI is InChI=1S/C9H8N4OS/c1-6-7(5-11-13-10)12-9(14-6)8-3-2-4-15-8/h2-4H,5H2,1H3. The van der Waals surface area contributed by atoms with Gasteiger partial charge in [-0.3, -0.25) is 0 Å². The van der Waals surface area contributed by atoms with Crippen molar-refractivity contribution in [2.24, 2.45) is 5.11 Å². The van der Waals surface area contributed by atoms with Crippen LogP contribution in [0, 0.1) is 6.92 Å². The number of rotatable bonds is 3. The van der Waals surface area contributed by atoms with Gasteiger partial charge >= 0.3 is 0 Å². The van der Waals surface area contributed by atoms with Gasteiger partial charge in [-0.2, -0.15) is 0 Å². The molecule has 76 valence electrons. The molecule has 0 saturated heterocycles. The van der Waals surface area contributed by atoms with Crippen LogP contribution in [-0.2, 0) is 6.54 Å². The van der Waals surface area contributed by atoms with E-state index in [1.54, 1.807) is 11.3 Å². The van der Waals surface area contributed by atoms with Crippen LogP contribution in [0.1, 0.15) is 11.5 Å². The molecule has 0 aromatic carbocycles. The zero-order chi connectivity index (χ0) is 10.7. The Bertz CT molecular complexity index is 496. The van der Waals surface area contributed by atoms with Crippen molar-refractivity contribution in [3.05, 3.63) is 39.4 Å². The van der Waals surface area contributed by atoms with Gasteiger partial charge in [0.05, 0.1) is 17.1 Å². The molecule has 15 heavy (non-hydrogen) atoms. The number of aryl methyl sites for hydroxylation is 1. The van der Waals surface area contributed by atoms with Gasteiger partial charge in [0.15, 0.2) is 0 Å². The molecule has 0 N–H and O–H groups in total. The summed E-state index contributed by atoms with van der Waals surface area (Å²) in [6, 6.07) is 3.87. The fourth-order valence-corrected chi connectivity index (χ4v) is 1.83. The number of hydrogen-bond acceptors (Lipinski definition) is 4. The molecule has 0 unspecified atom stereocenters. The molecule has 6 heteroatoms. The summed E-state index contributed by atoms with van der Waals surface area (Å²) in [4.78, 5) is 7.94. The topological polar surface area (TPSA) is 74.8 Å². The Kier molecular flexibility index (Phi) is 2.71. The van der Waals surface area contributed by atoms with Crippen LogP contribution in [0.25, 0.3) is 21.2 Å². The molecule has 0 radical (unpaired) electrons. The summed E-state index contributed by atoms with van der Waals surface area (Å²) in [6.45, 7) is 2.05. The molecule has 0 fully saturated rings. The Morgan fingerprint density at radius 2 is 2.53 bits per heavy atom. The highest BCUT2D eigenvalue weighted by Gasteiger charge is 2.10. The summed E-state index contributed by atoms with van der Waals surface area (Å²) >= 11 is 1.56. The van der Waals surface area contributed by atoms with Gasteiger partial charge in [0.2, 0.25) is 5.89 Å². The lowest BCUT2D eigenvalue weighted by Crippen LogP contribution is -1.82. The molecule has 0 amide bonds. The Labute approximate surface area is 90.0 Å². The fourth-order valence-electron chi connectivity index (χ4n) is 1.18. The summed E-state index contributed by atoms with van der Waals surface area (Å²) in [5.41, 5.74) is 8.90. The largest absolute Gasteiger partial charge is 0.440 e. The first-order chi connectivity index (χ1) is 7.31. The van der Waals surface area contributed by atoms with Gasteiger partial charge in [-0.1, -0.05) is 11.2 Å².